The molecule has 0 aromatic heterocycles. The van der Waals surface area contributed by atoms with E-state index < -0.39 is 0 Å². The van der Waals surface area contributed by atoms with Crippen LogP contribution in [0, 0.1) is 11.7 Å². The Morgan fingerprint density at radius 3 is 2.94 bits per heavy atom. The van der Waals surface area contributed by atoms with Gasteiger partial charge in [0, 0.05) is 24.7 Å². The summed E-state index contributed by atoms with van der Waals surface area (Å²) in [7, 11) is 0. The van der Waals surface area contributed by atoms with Crippen molar-refractivity contribution in [2.45, 2.75) is 38.2 Å². The molecule has 0 radical (unpaired) electrons. The maximum Gasteiger partial charge on any atom is 0.125 e. The van der Waals surface area contributed by atoms with E-state index in [-0.39, 0.29) is 11.9 Å². The monoisotopic (exact) mass is 249 g/mol. The van der Waals surface area contributed by atoms with Crippen LogP contribution in [0.3, 0.4) is 0 Å². The van der Waals surface area contributed by atoms with Crippen molar-refractivity contribution in [1.29, 1.82) is 0 Å². The second-order valence-corrected chi connectivity index (χ2v) is 5.58. The van der Waals surface area contributed by atoms with E-state index in [1.807, 2.05) is 6.07 Å². The summed E-state index contributed by atoms with van der Waals surface area (Å²) in [4.78, 5) is 2.25. The van der Waals surface area contributed by atoms with Crippen molar-refractivity contribution in [1.82, 2.24) is 0 Å². The number of aliphatic hydroxyl groups is 1. The fraction of sp³-hybridized carbons (Fsp3) is 0.600. The lowest BCUT2D eigenvalue weighted by molar-refractivity contribution is 0.0733. The minimum atomic E-state index is -0.170. The standard InChI is InChI=1S/C15H20FNO/c16-13-6-5-11-7-8-17(14(11)9-13)10-12-3-1-2-4-15(12)18/h5-6,9,12,15,18H,1-4,7-8,10H2. The highest BCUT2D eigenvalue weighted by Crippen LogP contribution is 2.32. The number of fused-ring (bicyclic) bond motifs is 1. The van der Waals surface area contributed by atoms with Crippen molar-refractivity contribution in [3.8, 4) is 0 Å². The first-order valence-electron chi connectivity index (χ1n) is 6.95. The highest BCUT2D eigenvalue weighted by molar-refractivity contribution is 5.58. The van der Waals surface area contributed by atoms with Crippen molar-refractivity contribution in [3.05, 3.63) is 29.6 Å². The summed E-state index contributed by atoms with van der Waals surface area (Å²) in [6, 6.07) is 5.07. The second-order valence-electron chi connectivity index (χ2n) is 5.58. The topological polar surface area (TPSA) is 23.5 Å². The summed E-state index contributed by atoms with van der Waals surface area (Å²) in [5, 5.41) is 10.0. The molecule has 3 heteroatoms. The predicted octanol–water partition coefficient (Wildman–Crippen LogP) is 2.74. The fourth-order valence-electron chi connectivity index (χ4n) is 3.29. The van der Waals surface area contributed by atoms with Gasteiger partial charge in [-0.25, -0.2) is 4.39 Å². The van der Waals surface area contributed by atoms with Crippen LogP contribution >= 0.6 is 0 Å². The normalized spacial score (nSPS) is 27.3. The zero-order valence-electron chi connectivity index (χ0n) is 10.6. The molecule has 1 fully saturated rings. The summed E-state index contributed by atoms with van der Waals surface area (Å²) in [6.45, 7) is 1.83. The summed E-state index contributed by atoms with van der Waals surface area (Å²) in [6.07, 6.45) is 5.21. The molecule has 1 N–H and O–H groups in total. The van der Waals surface area contributed by atoms with E-state index in [0.29, 0.717) is 5.92 Å². The number of halogens is 1. The van der Waals surface area contributed by atoms with E-state index in [1.54, 1.807) is 6.07 Å². The average Bonchev–Trinajstić information content (AvgIpc) is 2.75. The third kappa shape index (κ3) is 2.24. The first kappa shape index (κ1) is 12.0. The van der Waals surface area contributed by atoms with Crippen LogP contribution in [0.15, 0.2) is 18.2 Å². The van der Waals surface area contributed by atoms with Crippen molar-refractivity contribution in [3.63, 3.8) is 0 Å². The van der Waals surface area contributed by atoms with Gasteiger partial charge in [-0.15, -0.1) is 0 Å². The predicted molar refractivity (Wildman–Crippen MR) is 70.3 cm³/mol. The van der Waals surface area contributed by atoms with E-state index >= 15 is 0 Å². The van der Waals surface area contributed by atoms with Crippen LogP contribution < -0.4 is 4.90 Å². The van der Waals surface area contributed by atoms with Crippen molar-refractivity contribution in [2.75, 3.05) is 18.0 Å². The molecule has 1 saturated carbocycles. The number of nitrogens with zero attached hydrogens (tertiary/aromatic N) is 1. The zero-order valence-corrected chi connectivity index (χ0v) is 10.6. The Morgan fingerprint density at radius 2 is 2.11 bits per heavy atom. The molecular formula is C15H20FNO. The molecule has 2 nitrogen and oxygen atoms in total. The summed E-state index contributed by atoms with van der Waals surface area (Å²) < 4.78 is 13.3. The fourth-order valence-corrected chi connectivity index (χ4v) is 3.29. The molecule has 0 amide bonds. The van der Waals surface area contributed by atoms with Gasteiger partial charge >= 0.3 is 0 Å². The van der Waals surface area contributed by atoms with Gasteiger partial charge in [0.25, 0.3) is 0 Å². The summed E-state index contributed by atoms with van der Waals surface area (Å²) in [5.74, 6) is 0.192. The highest BCUT2D eigenvalue weighted by atomic mass is 19.1. The highest BCUT2D eigenvalue weighted by Gasteiger charge is 2.28. The van der Waals surface area contributed by atoms with Gasteiger partial charge in [0.2, 0.25) is 0 Å². The molecular weight excluding hydrogens is 229 g/mol. The molecule has 2 unspecified atom stereocenters. The molecule has 1 aromatic carbocycles. The van der Waals surface area contributed by atoms with Crippen molar-refractivity contribution < 1.29 is 9.50 Å². The van der Waals surface area contributed by atoms with Gasteiger partial charge in [-0.05, 0) is 37.0 Å². The van der Waals surface area contributed by atoms with Gasteiger partial charge in [-0.1, -0.05) is 18.9 Å². The van der Waals surface area contributed by atoms with Gasteiger partial charge in [0.15, 0.2) is 0 Å². The zero-order chi connectivity index (χ0) is 12.5. The SMILES string of the molecule is OC1CCCCC1CN1CCc2ccc(F)cc21. The quantitative estimate of drug-likeness (QED) is 0.871. The molecule has 1 aliphatic carbocycles. The van der Waals surface area contributed by atoms with Crippen LogP contribution in [0.4, 0.5) is 10.1 Å². The molecule has 3 rings (SSSR count). The van der Waals surface area contributed by atoms with Gasteiger partial charge in [-0.3, -0.25) is 0 Å². The molecule has 98 valence electrons. The maximum atomic E-state index is 13.3. The van der Waals surface area contributed by atoms with Crippen LogP contribution in [0.25, 0.3) is 0 Å². The van der Waals surface area contributed by atoms with Gasteiger partial charge in [0.05, 0.1) is 6.10 Å². The third-order valence-corrected chi connectivity index (χ3v) is 4.36. The van der Waals surface area contributed by atoms with Crippen LogP contribution in [0.2, 0.25) is 0 Å². The molecule has 1 heterocycles. The van der Waals surface area contributed by atoms with E-state index in [2.05, 4.69) is 4.90 Å². The Labute approximate surface area is 107 Å². The molecule has 0 saturated heterocycles. The number of aliphatic hydroxyl groups excluding tert-OH is 1. The lowest BCUT2D eigenvalue weighted by atomic mass is 9.86. The number of benzene rings is 1. The first-order chi connectivity index (χ1) is 8.74. The van der Waals surface area contributed by atoms with Crippen LogP contribution in [0.1, 0.15) is 31.2 Å². The van der Waals surface area contributed by atoms with Gasteiger partial charge < -0.3 is 10.0 Å². The number of hydrogen-bond acceptors (Lipinski definition) is 2. The minimum Gasteiger partial charge on any atom is -0.393 e. The van der Waals surface area contributed by atoms with Gasteiger partial charge in [0.1, 0.15) is 5.82 Å². The third-order valence-electron chi connectivity index (χ3n) is 4.36. The van der Waals surface area contributed by atoms with Crippen LogP contribution in [0.5, 0.6) is 0 Å². The smallest absolute Gasteiger partial charge is 0.125 e. The molecule has 1 aliphatic heterocycles. The summed E-state index contributed by atoms with van der Waals surface area (Å²) >= 11 is 0. The van der Waals surface area contributed by atoms with E-state index in [1.165, 1.54) is 18.1 Å². The second kappa shape index (κ2) is 4.88. The number of rotatable bonds is 2. The van der Waals surface area contributed by atoms with E-state index in [9.17, 15) is 9.50 Å². The largest absolute Gasteiger partial charge is 0.393 e. The molecule has 18 heavy (non-hydrogen) atoms. The van der Waals surface area contributed by atoms with Gasteiger partial charge in [-0.2, -0.15) is 0 Å². The summed E-state index contributed by atoms with van der Waals surface area (Å²) in [5.41, 5.74) is 2.27. The molecule has 0 bridgehead atoms. The maximum absolute atomic E-state index is 13.3. The first-order valence-corrected chi connectivity index (χ1v) is 6.95. The lowest BCUT2D eigenvalue weighted by Gasteiger charge is -2.32. The Kier molecular flexibility index (Phi) is 3.25. The number of hydrogen-bond donors (Lipinski definition) is 1. The Balaban J connectivity index is 1.74. The molecule has 0 spiro atoms. The van der Waals surface area contributed by atoms with Crippen LogP contribution in [-0.4, -0.2) is 24.3 Å². The molecule has 1 aromatic rings. The lowest BCUT2D eigenvalue weighted by Crippen LogP contribution is -2.36. The molecule has 2 atom stereocenters. The number of anilines is 1. The van der Waals surface area contributed by atoms with E-state index in [0.717, 1.165) is 44.5 Å². The van der Waals surface area contributed by atoms with E-state index in [4.69, 9.17) is 0 Å². The Morgan fingerprint density at radius 1 is 1.28 bits per heavy atom. The van der Waals surface area contributed by atoms with Crippen molar-refractivity contribution in [2.24, 2.45) is 5.92 Å². The van der Waals surface area contributed by atoms with Crippen LogP contribution in [-0.2, 0) is 6.42 Å². The average molecular weight is 249 g/mol. The molecule has 2 aliphatic rings. The Bertz CT molecular complexity index is 435. The Hall–Kier alpha value is -1.09. The minimum absolute atomic E-state index is 0.162. The van der Waals surface area contributed by atoms with Crippen molar-refractivity contribution >= 4 is 5.69 Å².